The zero-order valence-corrected chi connectivity index (χ0v) is 16.9. The van der Waals surface area contributed by atoms with E-state index in [0.717, 1.165) is 11.3 Å². The van der Waals surface area contributed by atoms with E-state index in [-0.39, 0.29) is 6.42 Å². The average Bonchev–Trinajstić information content (AvgIpc) is 2.68. The molecule has 1 N–H and O–H groups in total. The molecule has 0 saturated heterocycles. The molecule has 0 spiro atoms. The van der Waals surface area contributed by atoms with Gasteiger partial charge in [-0.25, -0.2) is 0 Å². The molecule has 1 atom stereocenters. The predicted octanol–water partition coefficient (Wildman–Crippen LogP) is 4.39. The lowest BCUT2D eigenvalue weighted by molar-refractivity contribution is -0.153. The maximum Gasteiger partial charge on any atom is 0.306 e. The number of benzene rings is 2. The van der Waals surface area contributed by atoms with Gasteiger partial charge in [-0.05, 0) is 62.2 Å². The van der Waals surface area contributed by atoms with Crippen molar-refractivity contribution in [1.29, 1.82) is 0 Å². The van der Waals surface area contributed by atoms with E-state index >= 15 is 0 Å². The number of methoxy groups -OCH3 is 1. The topological polar surface area (TPSA) is 73.9 Å². The van der Waals surface area contributed by atoms with Crippen LogP contribution in [0, 0.1) is 6.92 Å². The highest BCUT2D eigenvalue weighted by atomic mass is 35.5. The Balaban J connectivity index is 1.71. The Kier molecular flexibility index (Phi) is 8.14. The van der Waals surface area contributed by atoms with Crippen molar-refractivity contribution in [2.45, 2.75) is 32.8 Å². The number of anilines is 1. The van der Waals surface area contributed by atoms with Crippen molar-refractivity contribution in [3.8, 4) is 11.5 Å². The normalized spacial score (nSPS) is 11.4. The molecular formula is C21H24ClNO5. The zero-order valence-electron chi connectivity index (χ0n) is 16.2. The van der Waals surface area contributed by atoms with E-state index in [1.54, 1.807) is 49.6 Å². The number of aryl methyl sites for hydroxylation is 1. The summed E-state index contributed by atoms with van der Waals surface area (Å²) < 4.78 is 15.8. The number of hydrogen-bond donors (Lipinski definition) is 1. The standard InChI is InChI=1S/C21H24ClNO5/c1-14-6-7-16(22)13-19(14)23-21(25)15(2)28-20(24)5-4-12-27-18-10-8-17(26-3)9-11-18/h6-11,13,15H,4-5,12H2,1-3H3,(H,23,25)/t15-/m0/s1. The summed E-state index contributed by atoms with van der Waals surface area (Å²) in [5.74, 6) is 0.576. The van der Waals surface area contributed by atoms with E-state index in [1.807, 2.05) is 6.92 Å². The Labute approximate surface area is 169 Å². The van der Waals surface area contributed by atoms with Crippen LogP contribution in [0.2, 0.25) is 5.02 Å². The van der Waals surface area contributed by atoms with Gasteiger partial charge in [0.25, 0.3) is 5.91 Å². The number of esters is 1. The Morgan fingerprint density at radius 3 is 2.46 bits per heavy atom. The van der Waals surface area contributed by atoms with Gasteiger partial charge in [0.15, 0.2) is 6.10 Å². The minimum atomic E-state index is -0.909. The van der Waals surface area contributed by atoms with Crippen LogP contribution >= 0.6 is 11.6 Å². The molecule has 0 fully saturated rings. The Hall–Kier alpha value is -2.73. The lowest BCUT2D eigenvalue weighted by atomic mass is 10.2. The summed E-state index contributed by atoms with van der Waals surface area (Å²) in [4.78, 5) is 24.1. The number of hydrogen-bond acceptors (Lipinski definition) is 5. The van der Waals surface area contributed by atoms with Gasteiger partial charge in [-0.2, -0.15) is 0 Å². The molecule has 1 amide bonds. The van der Waals surface area contributed by atoms with Crippen LogP contribution < -0.4 is 14.8 Å². The fourth-order valence-electron chi connectivity index (χ4n) is 2.35. The molecule has 0 bridgehead atoms. The van der Waals surface area contributed by atoms with Gasteiger partial charge in [-0.15, -0.1) is 0 Å². The first kappa shape index (κ1) is 21.6. The Morgan fingerprint density at radius 2 is 1.79 bits per heavy atom. The van der Waals surface area contributed by atoms with Crippen molar-refractivity contribution >= 4 is 29.2 Å². The van der Waals surface area contributed by atoms with Crippen molar-refractivity contribution < 1.29 is 23.8 Å². The third kappa shape index (κ3) is 6.78. The summed E-state index contributed by atoms with van der Waals surface area (Å²) in [5.41, 5.74) is 1.46. The Bertz CT molecular complexity index is 807. The average molecular weight is 406 g/mol. The molecule has 7 heteroatoms. The number of carbonyl (C=O) groups is 2. The molecule has 0 aliphatic rings. The van der Waals surface area contributed by atoms with E-state index in [9.17, 15) is 9.59 Å². The minimum absolute atomic E-state index is 0.157. The third-order valence-corrected chi connectivity index (χ3v) is 4.22. The smallest absolute Gasteiger partial charge is 0.306 e. The second kappa shape index (κ2) is 10.6. The third-order valence-electron chi connectivity index (χ3n) is 3.99. The van der Waals surface area contributed by atoms with Gasteiger partial charge < -0.3 is 19.5 Å². The molecule has 150 valence electrons. The number of halogens is 1. The molecule has 0 aliphatic heterocycles. The molecule has 0 aromatic heterocycles. The second-order valence-electron chi connectivity index (χ2n) is 6.21. The van der Waals surface area contributed by atoms with Gasteiger partial charge in [-0.1, -0.05) is 17.7 Å². The number of ether oxygens (including phenoxy) is 3. The predicted molar refractivity (Wildman–Crippen MR) is 108 cm³/mol. The number of rotatable bonds is 9. The number of nitrogens with one attached hydrogen (secondary N) is 1. The van der Waals surface area contributed by atoms with Crippen LogP contribution in [0.15, 0.2) is 42.5 Å². The maximum absolute atomic E-state index is 12.2. The molecule has 0 saturated carbocycles. The number of carbonyl (C=O) groups excluding carboxylic acids is 2. The first-order valence-corrected chi connectivity index (χ1v) is 9.30. The van der Waals surface area contributed by atoms with E-state index in [1.165, 1.54) is 6.92 Å². The molecule has 28 heavy (non-hydrogen) atoms. The van der Waals surface area contributed by atoms with Crippen LogP contribution in [0.25, 0.3) is 0 Å². The summed E-state index contributed by atoms with van der Waals surface area (Å²) >= 11 is 5.94. The molecule has 0 aliphatic carbocycles. The summed E-state index contributed by atoms with van der Waals surface area (Å²) in [7, 11) is 1.60. The highest BCUT2D eigenvalue weighted by Crippen LogP contribution is 2.20. The summed E-state index contributed by atoms with van der Waals surface area (Å²) in [5, 5.41) is 3.23. The number of amides is 1. The monoisotopic (exact) mass is 405 g/mol. The van der Waals surface area contributed by atoms with Crippen LogP contribution in [0.1, 0.15) is 25.3 Å². The van der Waals surface area contributed by atoms with Crippen LogP contribution in [-0.4, -0.2) is 31.7 Å². The van der Waals surface area contributed by atoms with E-state index < -0.39 is 18.0 Å². The highest BCUT2D eigenvalue weighted by Gasteiger charge is 2.18. The van der Waals surface area contributed by atoms with Crippen LogP contribution in [0.3, 0.4) is 0 Å². The van der Waals surface area contributed by atoms with Gasteiger partial charge in [0.1, 0.15) is 11.5 Å². The first-order valence-electron chi connectivity index (χ1n) is 8.92. The van der Waals surface area contributed by atoms with Crippen molar-refractivity contribution in [1.82, 2.24) is 0 Å². The van der Waals surface area contributed by atoms with Crippen molar-refractivity contribution in [3.63, 3.8) is 0 Å². The second-order valence-corrected chi connectivity index (χ2v) is 6.64. The maximum atomic E-state index is 12.2. The minimum Gasteiger partial charge on any atom is -0.497 e. The molecular weight excluding hydrogens is 382 g/mol. The lowest BCUT2D eigenvalue weighted by Crippen LogP contribution is -2.30. The quantitative estimate of drug-likeness (QED) is 0.494. The van der Waals surface area contributed by atoms with Gasteiger partial charge in [0.05, 0.1) is 13.7 Å². The SMILES string of the molecule is COc1ccc(OCCCC(=O)O[C@@H](C)C(=O)Nc2cc(Cl)ccc2C)cc1. The molecule has 0 heterocycles. The van der Waals surface area contributed by atoms with E-state index in [0.29, 0.717) is 29.5 Å². The van der Waals surface area contributed by atoms with Crippen molar-refractivity contribution in [2.24, 2.45) is 0 Å². The van der Waals surface area contributed by atoms with E-state index in [2.05, 4.69) is 5.32 Å². The molecule has 2 rings (SSSR count). The summed E-state index contributed by atoms with van der Waals surface area (Å²) in [6.45, 7) is 3.75. The summed E-state index contributed by atoms with van der Waals surface area (Å²) in [6.07, 6.45) is -0.273. The molecule has 0 radical (unpaired) electrons. The highest BCUT2D eigenvalue weighted by molar-refractivity contribution is 6.31. The summed E-state index contributed by atoms with van der Waals surface area (Å²) in [6, 6.07) is 12.4. The van der Waals surface area contributed by atoms with Gasteiger partial charge >= 0.3 is 5.97 Å². The Morgan fingerprint density at radius 1 is 1.11 bits per heavy atom. The van der Waals surface area contributed by atoms with Gasteiger partial charge in [0, 0.05) is 17.1 Å². The van der Waals surface area contributed by atoms with Gasteiger partial charge in [0.2, 0.25) is 0 Å². The van der Waals surface area contributed by atoms with E-state index in [4.69, 9.17) is 25.8 Å². The van der Waals surface area contributed by atoms with Crippen molar-refractivity contribution in [3.05, 3.63) is 53.1 Å². The first-order chi connectivity index (χ1) is 13.4. The fraction of sp³-hybridized carbons (Fsp3) is 0.333. The van der Waals surface area contributed by atoms with Crippen molar-refractivity contribution in [2.75, 3.05) is 19.0 Å². The van der Waals surface area contributed by atoms with Crippen LogP contribution in [0.5, 0.6) is 11.5 Å². The fourth-order valence-corrected chi connectivity index (χ4v) is 2.52. The zero-order chi connectivity index (χ0) is 20.5. The largest absolute Gasteiger partial charge is 0.497 e. The molecule has 2 aromatic rings. The van der Waals surface area contributed by atoms with Crippen LogP contribution in [-0.2, 0) is 14.3 Å². The molecule has 2 aromatic carbocycles. The molecule has 0 unspecified atom stereocenters. The van der Waals surface area contributed by atoms with Gasteiger partial charge in [-0.3, -0.25) is 9.59 Å². The lowest BCUT2D eigenvalue weighted by Gasteiger charge is -2.15. The van der Waals surface area contributed by atoms with Crippen LogP contribution in [0.4, 0.5) is 5.69 Å². The molecule has 6 nitrogen and oxygen atoms in total.